The number of pyridine rings is 1. The fourth-order valence-corrected chi connectivity index (χ4v) is 4.04. The summed E-state index contributed by atoms with van der Waals surface area (Å²) >= 11 is 0. The number of rotatable bonds is 7. The van der Waals surface area contributed by atoms with E-state index in [9.17, 15) is 33.3 Å². The minimum Gasteiger partial charge on any atom is -0.439 e. The van der Waals surface area contributed by atoms with Gasteiger partial charge in [-0.05, 0) is 55.3 Å². The molecule has 0 fully saturated rings. The van der Waals surface area contributed by atoms with Crippen molar-refractivity contribution >= 4 is 0 Å². The summed E-state index contributed by atoms with van der Waals surface area (Å²) < 4.78 is 49.3. The standard InChI is InChI=1S/C26H23F3N2O5/c1-14-7-18(28)8-15(2)23(14)31-10-16(3-6-21(31)35)22-24(19-5-4-17(27)9-20(19)29)36-25(30-22)26(11-32,12-33)13-34/h3-10,32-34H,11-13H2,1-2H3. The Morgan fingerprint density at radius 2 is 1.56 bits per heavy atom. The maximum Gasteiger partial charge on any atom is 0.255 e. The smallest absolute Gasteiger partial charge is 0.255 e. The van der Waals surface area contributed by atoms with Gasteiger partial charge in [0.05, 0.1) is 31.1 Å². The molecule has 0 amide bonds. The zero-order valence-corrected chi connectivity index (χ0v) is 19.4. The van der Waals surface area contributed by atoms with Gasteiger partial charge in [0, 0.05) is 23.9 Å². The van der Waals surface area contributed by atoms with E-state index in [0.717, 1.165) is 12.1 Å². The van der Waals surface area contributed by atoms with Gasteiger partial charge in [0.15, 0.2) is 5.76 Å². The summed E-state index contributed by atoms with van der Waals surface area (Å²) in [6, 6.07) is 8.05. The second kappa shape index (κ2) is 9.73. The number of hydrogen-bond acceptors (Lipinski definition) is 6. The molecule has 0 aliphatic heterocycles. The highest BCUT2D eigenvalue weighted by Crippen LogP contribution is 2.37. The fraction of sp³-hybridized carbons (Fsp3) is 0.231. The van der Waals surface area contributed by atoms with Crippen LogP contribution in [0.25, 0.3) is 28.3 Å². The summed E-state index contributed by atoms with van der Waals surface area (Å²) in [6.45, 7) is 1.09. The Bertz CT molecular complexity index is 1460. The Kier molecular flexibility index (Phi) is 6.85. The van der Waals surface area contributed by atoms with Gasteiger partial charge in [-0.15, -0.1) is 0 Å². The molecule has 0 bridgehead atoms. The van der Waals surface area contributed by atoms with E-state index in [1.54, 1.807) is 13.8 Å². The minimum absolute atomic E-state index is 0.0152. The lowest BCUT2D eigenvalue weighted by Gasteiger charge is -2.23. The van der Waals surface area contributed by atoms with Gasteiger partial charge in [0.25, 0.3) is 5.56 Å². The van der Waals surface area contributed by atoms with Crippen LogP contribution in [0.1, 0.15) is 17.0 Å². The SMILES string of the molecule is Cc1cc(F)cc(C)c1-n1cc(-c2nc(C(CO)(CO)CO)oc2-c2ccc(F)cc2F)ccc1=O. The third-order valence-electron chi connectivity index (χ3n) is 6.05. The van der Waals surface area contributed by atoms with Crippen LogP contribution in [0.4, 0.5) is 13.2 Å². The van der Waals surface area contributed by atoms with Gasteiger partial charge in [-0.3, -0.25) is 9.36 Å². The predicted molar refractivity (Wildman–Crippen MR) is 125 cm³/mol. The number of halogens is 3. The maximum absolute atomic E-state index is 14.8. The van der Waals surface area contributed by atoms with Crippen LogP contribution in [0.2, 0.25) is 0 Å². The van der Waals surface area contributed by atoms with Crippen LogP contribution in [0.3, 0.4) is 0 Å². The third kappa shape index (κ3) is 4.34. The van der Waals surface area contributed by atoms with Crippen molar-refractivity contribution in [1.29, 1.82) is 0 Å². The van der Waals surface area contributed by atoms with Crippen LogP contribution >= 0.6 is 0 Å². The van der Waals surface area contributed by atoms with Crippen LogP contribution < -0.4 is 5.56 Å². The Morgan fingerprint density at radius 1 is 0.917 bits per heavy atom. The number of nitrogens with zero attached hydrogens (tertiary/aromatic N) is 2. The van der Waals surface area contributed by atoms with Gasteiger partial charge in [-0.1, -0.05) is 0 Å². The van der Waals surface area contributed by atoms with Crippen molar-refractivity contribution in [1.82, 2.24) is 9.55 Å². The highest BCUT2D eigenvalue weighted by atomic mass is 19.1. The summed E-state index contributed by atoms with van der Waals surface area (Å²) in [7, 11) is 0. The van der Waals surface area contributed by atoms with Crippen molar-refractivity contribution < 1.29 is 32.9 Å². The molecule has 7 nitrogen and oxygen atoms in total. The highest BCUT2D eigenvalue weighted by molar-refractivity contribution is 5.77. The number of hydrogen-bond donors (Lipinski definition) is 3. The van der Waals surface area contributed by atoms with Gasteiger partial charge < -0.3 is 19.7 Å². The van der Waals surface area contributed by atoms with Gasteiger partial charge in [-0.25, -0.2) is 18.2 Å². The molecule has 36 heavy (non-hydrogen) atoms. The number of aliphatic hydroxyl groups excluding tert-OH is 3. The zero-order valence-electron chi connectivity index (χ0n) is 19.4. The molecule has 2 heterocycles. The molecule has 0 unspecified atom stereocenters. The summed E-state index contributed by atoms with van der Waals surface area (Å²) in [6.07, 6.45) is 1.42. The first-order valence-corrected chi connectivity index (χ1v) is 10.9. The zero-order chi connectivity index (χ0) is 26.2. The topological polar surface area (TPSA) is 109 Å². The lowest BCUT2D eigenvalue weighted by Crippen LogP contribution is -2.39. The number of benzene rings is 2. The second-order valence-corrected chi connectivity index (χ2v) is 8.59. The lowest BCUT2D eigenvalue weighted by molar-refractivity contribution is 0.0465. The Morgan fingerprint density at radius 3 is 2.14 bits per heavy atom. The highest BCUT2D eigenvalue weighted by Gasteiger charge is 2.38. The molecule has 0 spiro atoms. The molecule has 4 rings (SSSR count). The molecule has 3 N–H and O–H groups in total. The first-order valence-electron chi connectivity index (χ1n) is 10.9. The Hall–Kier alpha value is -3.73. The second-order valence-electron chi connectivity index (χ2n) is 8.59. The summed E-state index contributed by atoms with van der Waals surface area (Å²) in [5, 5.41) is 29.6. The van der Waals surface area contributed by atoms with Crippen LogP contribution in [0.5, 0.6) is 0 Å². The van der Waals surface area contributed by atoms with Crippen molar-refractivity contribution in [3.8, 4) is 28.3 Å². The van der Waals surface area contributed by atoms with E-state index in [-0.39, 0.29) is 28.5 Å². The maximum atomic E-state index is 14.8. The molecule has 2 aromatic heterocycles. The largest absolute Gasteiger partial charge is 0.439 e. The Balaban J connectivity index is 2.00. The third-order valence-corrected chi connectivity index (χ3v) is 6.05. The van der Waals surface area contributed by atoms with Crippen LogP contribution in [0, 0.1) is 31.3 Å². The average Bonchev–Trinajstić information content (AvgIpc) is 3.27. The first-order chi connectivity index (χ1) is 17.1. The molecule has 0 saturated carbocycles. The molecular formula is C26H23F3N2O5. The molecule has 188 valence electrons. The van der Waals surface area contributed by atoms with E-state index in [2.05, 4.69) is 4.98 Å². The molecule has 0 aliphatic carbocycles. The predicted octanol–water partition coefficient (Wildman–Crippen LogP) is 3.41. The molecule has 2 aromatic carbocycles. The molecule has 0 atom stereocenters. The summed E-state index contributed by atoms with van der Waals surface area (Å²) in [4.78, 5) is 17.1. The quantitative estimate of drug-likeness (QED) is 0.359. The molecule has 0 radical (unpaired) electrons. The Labute approximate surface area is 203 Å². The van der Waals surface area contributed by atoms with Crippen molar-refractivity contribution in [2.24, 2.45) is 0 Å². The normalized spacial score (nSPS) is 11.8. The summed E-state index contributed by atoms with van der Waals surface area (Å²) in [5.41, 5.74) is -0.561. The van der Waals surface area contributed by atoms with Gasteiger partial charge in [0.1, 0.15) is 28.6 Å². The number of oxazole rings is 1. The van der Waals surface area contributed by atoms with Gasteiger partial charge in [-0.2, -0.15) is 0 Å². The van der Waals surface area contributed by atoms with Crippen LogP contribution in [-0.4, -0.2) is 44.7 Å². The van der Waals surface area contributed by atoms with E-state index in [1.165, 1.54) is 35.0 Å². The molecule has 0 aliphatic rings. The molecule has 10 heteroatoms. The van der Waals surface area contributed by atoms with Gasteiger partial charge >= 0.3 is 0 Å². The first kappa shape index (κ1) is 25.4. The monoisotopic (exact) mass is 500 g/mol. The van der Waals surface area contributed by atoms with E-state index >= 15 is 0 Å². The van der Waals surface area contributed by atoms with Gasteiger partial charge in [0.2, 0.25) is 5.89 Å². The molecular weight excluding hydrogens is 477 g/mol. The number of aryl methyl sites for hydroxylation is 2. The van der Waals surface area contributed by atoms with E-state index < -0.39 is 48.2 Å². The number of aromatic nitrogens is 2. The average molecular weight is 500 g/mol. The molecule has 0 saturated heterocycles. The van der Waals surface area contributed by atoms with E-state index in [4.69, 9.17) is 4.42 Å². The fourth-order valence-electron chi connectivity index (χ4n) is 4.04. The number of aliphatic hydroxyl groups is 3. The van der Waals surface area contributed by atoms with Crippen molar-refractivity contribution in [2.45, 2.75) is 19.3 Å². The van der Waals surface area contributed by atoms with Crippen molar-refractivity contribution in [3.05, 3.63) is 93.5 Å². The van der Waals surface area contributed by atoms with Crippen molar-refractivity contribution in [2.75, 3.05) is 19.8 Å². The van der Waals surface area contributed by atoms with Crippen LogP contribution in [-0.2, 0) is 5.41 Å². The lowest BCUT2D eigenvalue weighted by atomic mass is 9.91. The minimum atomic E-state index is -1.69. The van der Waals surface area contributed by atoms with E-state index in [0.29, 0.717) is 22.9 Å². The summed E-state index contributed by atoms with van der Waals surface area (Å²) in [5.74, 6) is -2.68. The van der Waals surface area contributed by atoms with Crippen LogP contribution in [0.15, 0.2) is 57.9 Å². The van der Waals surface area contributed by atoms with E-state index in [1.807, 2.05) is 0 Å². The van der Waals surface area contributed by atoms with Crippen molar-refractivity contribution in [3.63, 3.8) is 0 Å². The molecule has 4 aromatic rings.